The van der Waals surface area contributed by atoms with Gasteiger partial charge in [-0.05, 0) is 39.9 Å². The van der Waals surface area contributed by atoms with E-state index >= 15 is 0 Å². The van der Waals surface area contributed by atoms with Crippen LogP contribution >= 0.6 is 15.9 Å². The summed E-state index contributed by atoms with van der Waals surface area (Å²) in [5, 5.41) is 17.0. The monoisotopic (exact) mass is 352 g/mol. The van der Waals surface area contributed by atoms with Crippen LogP contribution in [0.3, 0.4) is 0 Å². The SMILES string of the molecule is Cc1cccc(-c2nnc(CC(C)(C)CC(=O)O)o2)c1Br. The van der Waals surface area contributed by atoms with Crippen molar-refractivity contribution in [2.75, 3.05) is 0 Å². The van der Waals surface area contributed by atoms with Gasteiger partial charge in [-0.2, -0.15) is 0 Å². The highest BCUT2D eigenvalue weighted by Gasteiger charge is 2.25. The van der Waals surface area contributed by atoms with Gasteiger partial charge < -0.3 is 9.52 Å². The van der Waals surface area contributed by atoms with Gasteiger partial charge in [-0.1, -0.05) is 26.0 Å². The maximum absolute atomic E-state index is 10.8. The minimum absolute atomic E-state index is 0.0544. The molecule has 1 aromatic carbocycles. The number of benzene rings is 1. The van der Waals surface area contributed by atoms with Crippen LogP contribution in [0.5, 0.6) is 0 Å². The lowest BCUT2D eigenvalue weighted by Crippen LogP contribution is -2.19. The van der Waals surface area contributed by atoms with Crippen LogP contribution in [0.1, 0.15) is 31.7 Å². The molecule has 0 aliphatic carbocycles. The Labute approximate surface area is 131 Å². The van der Waals surface area contributed by atoms with Gasteiger partial charge >= 0.3 is 5.97 Å². The van der Waals surface area contributed by atoms with Crippen LogP contribution < -0.4 is 0 Å². The lowest BCUT2D eigenvalue weighted by molar-refractivity contribution is -0.139. The molecule has 0 radical (unpaired) electrons. The molecule has 1 aromatic heterocycles. The molecule has 2 aromatic rings. The zero-order valence-corrected chi connectivity index (χ0v) is 13.8. The minimum atomic E-state index is -0.832. The van der Waals surface area contributed by atoms with Crippen LogP contribution in [-0.2, 0) is 11.2 Å². The van der Waals surface area contributed by atoms with E-state index in [1.807, 2.05) is 39.0 Å². The highest BCUT2D eigenvalue weighted by atomic mass is 79.9. The quantitative estimate of drug-likeness (QED) is 0.884. The van der Waals surface area contributed by atoms with Crippen LogP contribution in [0.25, 0.3) is 11.5 Å². The van der Waals surface area contributed by atoms with Crippen LogP contribution in [0.4, 0.5) is 0 Å². The molecule has 112 valence electrons. The topological polar surface area (TPSA) is 76.2 Å². The van der Waals surface area contributed by atoms with Crippen LogP contribution in [0.2, 0.25) is 0 Å². The number of hydrogen-bond acceptors (Lipinski definition) is 4. The van der Waals surface area contributed by atoms with Gasteiger partial charge in [0.1, 0.15) is 0 Å². The number of aromatic nitrogens is 2. The van der Waals surface area contributed by atoms with E-state index in [9.17, 15) is 4.79 Å². The Morgan fingerprint density at radius 3 is 2.76 bits per heavy atom. The number of nitrogens with zero attached hydrogens (tertiary/aromatic N) is 2. The van der Waals surface area contributed by atoms with Gasteiger partial charge in [0, 0.05) is 10.9 Å². The first kappa shape index (κ1) is 15.7. The number of aliphatic carboxylic acids is 1. The molecule has 0 spiro atoms. The Morgan fingerprint density at radius 1 is 1.38 bits per heavy atom. The summed E-state index contributed by atoms with van der Waals surface area (Å²) < 4.78 is 6.60. The number of aryl methyl sites for hydroxylation is 1. The van der Waals surface area contributed by atoms with Crippen molar-refractivity contribution in [3.8, 4) is 11.5 Å². The van der Waals surface area contributed by atoms with Gasteiger partial charge in [0.2, 0.25) is 11.8 Å². The van der Waals surface area contributed by atoms with E-state index < -0.39 is 11.4 Å². The summed E-state index contributed by atoms with van der Waals surface area (Å²) in [5.74, 6) is 0.0533. The Balaban J connectivity index is 2.22. The van der Waals surface area contributed by atoms with Crippen LogP contribution in [-0.4, -0.2) is 21.3 Å². The zero-order valence-electron chi connectivity index (χ0n) is 12.2. The number of carbonyl (C=O) groups is 1. The fourth-order valence-corrected chi connectivity index (χ4v) is 2.56. The van der Waals surface area contributed by atoms with E-state index in [2.05, 4.69) is 26.1 Å². The Morgan fingerprint density at radius 2 is 2.10 bits per heavy atom. The predicted octanol–water partition coefficient (Wildman–Crippen LogP) is 3.85. The van der Waals surface area contributed by atoms with Gasteiger partial charge in [-0.25, -0.2) is 0 Å². The Bertz CT molecular complexity index is 665. The third kappa shape index (κ3) is 3.91. The lowest BCUT2D eigenvalue weighted by Gasteiger charge is -2.19. The summed E-state index contributed by atoms with van der Waals surface area (Å²) in [7, 11) is 0. The highest BCUT2D eigenvalue weighted by molar-refractivity contribution is 9.10. The molecule has 0 aliphatic heterocycles. The molecule has 2 rings (SSSR count). The van der Waals surface area contributed by atoms with Crippen molar-refractivity contribution in [2.24, 2.45) is 5.41 Å². The third-order valence-corrected chi connectivity index (χ3v) is 4.20. The molecule has 6 heteroatoms. The molecular weight excluding hydrogens is 336 g/mol. The van der Waals surface area contributed by atoms with E-state index in [1.54, 1.807) is 0 Å². The zero-order chi connectivity index (χ0) is 15.6. The van der Waals surface area contributed by atoms with Gasteiger partial charge in [0.15, 0.2) is 0 Å². The molecule has 0 saturated heterocycles. The lowest BCUT2D eigenvalue weighted by atomic mass is 9.86. The molecule has 0 amide bonds. The summed E-state index contributed by atoms with van der Waals surface area (Å²) in [6.07, 6.45) is 0.481. The standard InChI is InChI=1S/C15H17BrN2O3/c1-9-5-4-6-10(13(9)16)14-18-17-11(21-14)7-15(2,3)8-12(19)20/h4-6H,7-8H2,1-3H3,(H,19,20). The van der Waals surface area contributed by atoms with Crippen molar-refractivity contribution >= 4 is 21.9 Å². The molecule has 0 fully saturated rings. The molecule has 5 nitrogen and oxygen atoms in total. The minimum Gasteiger partial charge on any atom is -0.481 e. The average molecular weight is 353 g/mol. The number of carboxylic acids is 1. The summed E-state index contributed by atoms with van der Waals surface area (Å²) in [6.45, 7) is 5.72. The number of halogens is 1. The molecule has 1 heterocycles. The largest absolute Gasteiger partial charge is 0.481 e. The van der Waals surface area contributed by atoms with Crippen LogP contribution in [0.15, 0.2) is 27.1 Å². The van der Waals surface area contributed by atoms with Gasteiger partial charge in [-0.15, -0.1) is 10.2 Å². The first-order valence-electron chi connectivity index (χ1n) is 6.58. The Hall–Kier alpha value is -1.69. The Kier molecular flexibility index (Phi) is 4.46. The average Bonchev–Trinajstić information content (AvgIpc) is 2.78. The summed E-state index contributed by atoms with van der Waals surface area (Å²) in [4.78, 5) is 10.8. The van der Waals surface area contributed by atoms with E-state index in [4.69, 9.17) is 9.52 Å². The first-order chi connectivity index (χ1) is 9.78. The van der Waals surface area contributed by atoms with Crippen molar-refractivity contribution in [1.29, 1.82) is 0 Å². The second kappa shape index (κ2) is 5.97. The van der Waals surface area contributed by atoms with Gasteiger partial charge in [-0.3, -0.25) is 4.79 Å². The van der Waals surface area contributed by atoms with Crippen molar-refractivity contribution in [2.45, 2.75) is 33.6 Å². The summed E-state index contributed by atoms with van der Waals surface area (Å²) in [5.41, 5.74) is 1.49. The number of hydrogen-bond donors (Lipinski definition) is 1. The summed E-state index contributed by atoms with van der Waals surface area (Å²) in [6, 6.07) is 5.81. The van der Waals surface area contributed by atoms with Gasteiger partial charge in [0.05, 0.1) is 12.0 Å². The molecular formula is C15H17BrN2O3. The normalized spacial score (nSPS) is 11.6. The molecule has 0 unspecified atom stereocenters. The third-order valence-electron chi connectivity index (χ3n) is 3.15. The second-order valence-corrected chi connectivity index (χ2v) is 6.64. The number of carboxylic acid groups (broad SMARTS) is 1. The van der Waals surface area contributed by atoms with Gasteiger partial charge in [0.25, 0.3) is 0 Å². The molecule has 0 saturated carbocycles. The summed E-state index contributed by atoms with van der Waals surface area (Å²) >= 11 is 3.51. The smallest absolute Gasteiger partial charge is 0.303 e. The van der Waals surface area contributed by atoms with Crippen molar-refractivity contribution in [3.63, 3.8) is 0 Å². The molecule has 0 bridgehead atoms. The highest BCUT2D eigenvalue weighted by Crippen LogP contribution is 2.31. The predicted molar refractivity (Wildman–Crippen MR) is 81.9 cm³/mol. The molecule has 21 heavy (non-hydrogen) atoms. The maximum atomic E-state index is 10.8. The molecule has 0 aliphatic rings. The van der Waals surface area contributed by atoms with Crippen LogP contribution in [0, 0.1) is 12.3 Å². The van der Waals surface area contributed by atoms with E-state index in [0.717, 1.165) is 15.6 Å². The number of rotatable bonds is 5. The molecule has 0 atom stereocenters. The van der Waals surface area contributed by atoms with E-state index in [0.29, 0.717) is 18.2 Å². The van der Waals surface area contributed by atoms with Crippen molar-refractivity contribution < 1.29 is 14.3 Å². The first-order valence-corrected chi connectivity index (χ1v) is 7.37. The van der Waals surface area contributed by atoms with Crippen molar-refractivity contribution in [1.82, 2.24) is 10.2 Å². The van der Waals surface area contributed by atoms with E-state index in [1.165, 1.54) is 0 Å². The van der Waals surface area contributed by atoms with Crippen molar-refractivity contribution in [3.05, 3.63) is 34.1 Å². The maximum Gasteiger partial charge on any atom is 0.303 e. The fraction of sp³-hybridized carbons (Fsp3) is 0.400. The molecule has 1 N–H and O–H groups in total. The van der Waals surface area contributed by atoms with E-state index in [-0.39, 0.29) is 6.42 Å². The second-order valence-electron chi connectivity index (χ2n) is 5.85. The fourth-order valence-electron chi connectivity index (χ4n) is 2.13.